The van der Waals surface area contributed by atoms with Gasteiger partial charge < -0.3 is 9.21 Å². The van der Waals surface area contributed by atoms with Crippen LogP contribution >= 0.6 is 0 Å². The van der Waals surface area contributed by atoms with E-state index in [0.717, 1.165) is 30.6 Å². The molecule has 0 aliphatic heterocycles. The molecule has 0 N–H and O–H groups in total. The second-order valence-electron chi connectivity index (χ2n) is 2.57. The second-order valence-corrected chi connectivity index (χ2v) is 2.57. The van der Waals surface area contributed by atoms with Crippen molar-refractivity contribution in [3.8, 4) is 0 Å². The van der Waals surface area contributed by atoms with Gasteiger partial charge in [-0.1, -0.05) is 0 Å². The first-order valence-electron chi connectivity index (χ1n) is 3.82. The molecule has 0 saturated heterocycles. The van der Waals surface area contributed by atoms with Crippen molar-refractivity contribution >= 4 is 6.29 Å². The van der Waals surface area contributed by atoms with Crippen molar-refractivity contribution in [3.05, 3.63) is 23.7 Å². The maximum Gasteiger partial charge on any atom is 0.120 e. The molecule has 0 unspecified atom stereocenters. The number of unbranched alkanes of at least 4 members (excludes halogenated alkanes) is 1. The van der Waals surface area contributed by atoms with Gasteiger partial charge in [0, 0.05) is 12.8 Å². The molecule has 0 aliphatic carbocycles. The Hall–Kier alpha value is -1.05. The molecule has 11 heavy (non-hydrogen) atoms. The first-order valence-corrected chi connectivity index (χ1v) is 3.82. The van der Waals surface area contributed by atoms with E-state index in [0.29, 0.717) is 6.42 Å². The van der Waals surface area contributed by atoms with Crippen LogP contribution in [0.4, 0.5) is 0 Å². The lowest BCUT2D eigenvalue weighted by molar-refractivity contribution is -0.107. The molecular weight excluding hydrogens is 140 g/mol. The molecule has 0 bridgehead atoms. The highest BCUT2D eigenvalue weighted by Gasteiger charge is 1.96. The van der Waals surface area contributed by atoms with Gasteiger partial charge in [0.15, 0.2) is 0 Å². The van der Waals surface area contributed by atoms with Gasteiger partial charge in [0.1, 0.15) is 17.8 Å². The molecule has 0 saturated carbocycles. The van der Waals surface area contributed by atoms with E-state index in [2.05, 4.69) is 0 Å². The highest BCUT2D eigenvalue weighted by molar-refractivity contribution is 5.49. The SMILES string of the molecule is Cc1ccc(CCCC=O)o1. The minimum Gasteiger partial charge on any atom is -0.466 e. The third-order valence-electron chi connectivity index (χ3n) is 1.54. The van der Waals surface area contributed by atoms with Crippen LogP contribution in [0.1, 0.15) is 24.4 Å². The Morgan fingerprint density at radius 3 is 2.91 bits per heavy atom. The molecule has 60 valence electrons. The summed E-state index contributed by atoms with van der Waals surface area (Å²) in [6.07, 6.45) is 3.32. The molecule has 0 amide bonds. The number of carbonyl (C=O) groups is 1. The number of aldehydes is 1. The molecule has 0 fully saturated rings. The summed E-state index contributed by atoms with van der Waals surface area (Å²) in [4.78, 5) is 9.97. The van der Waals surface area contributed by atoms with Crippen LogP contribution < -0.4 is 0 Å². The highest BCUT2D eigenvalue weighted by Crippen LogP contribution is 2.08. The van der Waals surface area contributed by atoms with Crippen molar-refractivity contribution in [3.63, 3.8) is 0 Å². The van der Waals surface area contributed by atoms with Crippen molar-refractivity contribution in [2.45, 2.75) is 26.2 Å². The molecule has 0 spiro atoms. The maximum absolute atomic E-state index is 9.97. The average molecular weight is 152 g/mol. The second kappa shape index (κ2) is 3.96. The van der Waals surface area contributed by atoms with Crippen molar-refractivity contribution in [1.29, 1.82) is 0 Å². The van der Waals surface area contributed by atoms with Crippen LogP contribution in [0.2, 0.25) is 0 Å². The third kappa shape index (κ3) is 2.58. The average Bonchev–Trinajstić information content (AvgIpc) is 2.37. The molecule has 1 rings (SSSR count). The lowest BCUT2D eigenvalue weighted by atomic mass is 10.2. The summed E-state index contributed by atoms with van der Waals surface area (Å²) in [6, 6.07) is 3.90. The van der Waals surface area contributed by atoms with E-state index in [1.807, 2.05) is 19.1 Å². The van der Waals surface area contributed by atoms with Crippen LogP contribution in [-0.2, 0) is 11.2 Å². The van der Waals surface area contributed by atoms with Gasteiger partial charge in [-0.2, -0.15) is 0 Å². The van der Waals surface area contributed by atoms with E-state index in [1.54, 1.807) is 0 Å². The molecule has 1 aromatic heterocycles. The summed E-state index contributed by atoms with van der Waals surface area (Å²) in [6.45, 7) is 1.92. The minimum atomic E-state index is 0.625. The fraction of sp³-hybridized carbons (Fsp3) is 0.444. The number of carbonyl (C=O) groups excluding carboxylic acids is 1. The predicted octanol–water partition coefficient (Wildman–Crippen LogP) is 2.11. The molecule has 1 aromatic rings. The van der Waals surface area contributed by atoms with Crippen molar-refractivity contribution in [2.24, 2.45) is 0 Å². The largest absolute Gasteiger partial charge is 0.466 e. The van der Waals surface area contributed by atoms with E-state index >= 15 is 0 Å². The van der Waals surface area contributed by atoms with Crippen LogP contribution in [0, 0.1) is 6.92 Å². The first kappa shape index (κ1) is 8.05. The monoisotopic (exact) mass is 152 g/mol. The zero-order valence-corrected chi connectivity index (χ0v) is 6.67. The molecule has 0 aliphatic rings. The van der Waals surface area contributed by atoms with Crippen LogP contribution in [0.25, 0.3) is 0 Å². The summed E-state index contributed by atoms with van der Waals surface area (Å²) in [5.74, 6) is 1.91. The number of rotatable bonds is 4. The Labute approximate surface area is 66.2 Å². The van der Waals surface area contributed by atoms with Gasteiger partial charge in [0.25, 0.3) is 0 Å². The van der Waals surface area contributed by atoms with Gasteiger partial charge in [0.2, 0.25) is 0 Å². The van der Waals surface area contributed by atoms with Gasteiger partial charge in [-0.15, -0.1) is 0 Å². The Bertz CT molecular complexity index is 225. The third-order valence-corrected chi connectivity index (χ3v) is 1.54. The quantitative estimate of drug-likeness (QED) is 0.488. The van der Waals surface area contributed by atoms with Gasteiger partial charge in [-0.05, 0) is 25.5 Å². The lowest BCUT2D eigenvalue weighted by Gasteiger charge is -1.91. The Kier molecular flexibility index (Phi) is 2.90. The number of hydrogen-bond acceptors (Lipinski definition) is 2. The number of aryl methyl sites for hydroxylation is 2. The van der Waals surface area contributed by atoms with E-state index in [1.165, 1.54) is 0 Å². The van der Waals surface area contributed by atoms with Gasteiger partial charge >= 0.3 is 0 Å². The molecule has 2 nitrogen and oxygen atoms in total. The summed E-state index contributed by atoms with van der Waals surface area (Å²) >= 11 is 0. The van der Waals surface area contributed by atoms with Crippen molar-refractivity contribution in [1.82, 2.24) is 0 Å². The summed E-state index contributed by atoms with van der Waals surface area (Å²) in [5.41, 5.74) is 0. The fourth-order valence-electron chi connectivity index (χ4n) is 0.979. The van der Waals surface area contributed by atoms with Gasteiger partial charge in [-0.25, -0.2) is 0 Å². The predicted molar refractivity (Wildman–Crippen MR) is 42.4 cm³/mol. The number of hydrogen-bond donors (Lipinski definition) is 0. The van der Waals surface area contributed by atoms with Gasteiger partial charge in [-0.3, -0.25) is 0 Å². The first-order chi connectivity index (χ1) is 5.33. The summed E-state index contributed by atoms with van der Waals surface area (Å²) < 4.78 is 5.31. The van der Waals surface area contributed by atoms with Gasteiger partial charge in [0.05, 0.1) is 0 Å². The van der Waals surface area contributed by atoms with E-state index in [4.69, 9.17) is 4.42 Å². The fourth-order valence-corrected chi connectivity index (χ4v) is 0.979. The van der Waals surface area contributed by atoms with Crippen LogP contribution in [0.3, 0.4) is 0 Å². The molecule has 0 aromatic carbocycles. The molecule has 1 heterocycles. The Morgan fingerprint density at radius 1 is 1.55 bits per heavy atom. The molecule has 0 radical (unpaired) electrons. The summed E-state index contributed by atoms with van der Waals surface area (Å²) in [5, 5.41) is 0. The standard InChI is InChI=1S/C9H12O2/c1-8-5-6-9(11-8)4-2-3-7-10/h5-7H,2-4H2,1H3. The Morgan fingerprint density at radius 2 is 2.36 bits per heavy atom. The van der Waals surface area contributed by atoms with Crippen LogP contribution in [0.15, 0.2) is 16.5 Å². The smallest absolute Gasteiger partial charge is 0.120 e. The zero-order valence-electron chi connectivity index (χ0n) is 6.67. The normalized spacial score (nSPS) is 9.91. The van der Waals surface area contributed by atoms with Crippen molar-refractivity contribution in [2.75, 3.05) is 0 Å². The number of furan rings is 1. The summed E-state index contributed by atoms with van der Waals surface area (Å²) in [7, 11) is 0. The molecule has 2 heteroatoms. The lowest BCUT2D eigenvalue weighted by Crippen LogP contribution is -1.82. The molecular formula is C9H12O2. The van der Waals surface area contributed by atoms with E-state index in [9.17, 15) is 4.79 Å². The zero-order chi connectivity index (χ0) is 8.10. The van der Waals surface area contributed by atoms with E-state index < -0.39 is 0 Å². The van der Waals surface area contributed by atoms with Crippen molar-refractivity contribution < 1.29 is 9.21 Å². The van der Waals surface area contributed by atoms with Crippen LogP contribution in [-0.4, -0.2) is 6.29 Å². The topological polar surface area (TPSA) is 30.2 Å². The molecule has 0 atom stereocenters. The maximum atomic E-state index is 9.97. The van der Waals surface area contributed by atoms with E-state index in [-0.39, 0.29) is 0 Å². The van der Waals surface area contributed by atoms with Crippen LogP contribution in [0.5, 0.6) is 0 Å². The Balaban J connectivity index is 2.32. The minimum absolute atomic E-state index is 0.625. The highest BCUT2D eigenvalue weighted by atomic mass is 16.3.